The molecule has 0 saturated carbocycles. The van der Waals surface area contributed by atoms with E-state index in [1.54, 1.807) is 36.4 Å². The summed E-state index contributed by atoms with van der Waals surface area (Å²) in [5.74, 6) is 0.228. The zero-order valence-electron chi connectivity index (χ0n) is 12.5. The van der Waals surface area contributed by atoms with Gasteiger partial charge in [0.2, 0.25) is 5.75 Å². The Kier molecular flexibility index (Phi) is 3.88. The van der Waals surface area contributed by atoms with E-state index in [0.717, 1.165) is 5.56 Å². The second-order valence-corrected chi connectivity index (χ2v) is 5.41. The third kappa shape index (κ3) is 2.71. The lowest BCUT2D eigenvalue weighted by atomic mass is 10.0. The van der Waals surface area contributed by atoms with Crippen molar-refractivity contribution >= 4 is 34.8 Å². The van der Waals surface area contributed by atoms with E-state index < -0.39 is 0 Å². The highest BCUT2D eigenvalue weighted by molar-refractivity contribution is 6.36. The molecule has 2 aromatic rings. The number of ether oxygens (including phenoxy) is 2. The molecule has 0 aromatic heterocycles. The van der Waals surface area contributed by atoms with Gasteiger partial charge in [0.15, 0.2) is 11.5 Å². The van der Waals surface area contributed by atoms with Crippen LogP contribution < -0.4 is 14.8 Å². The fraction of sp³-hybridized carbons (Fsp3) is 0.118. The van der Waals surface area contributed by atoms with Crippen molar-refractivity contribution in [3.05, 3.63) is 46.5 Å². The normalized spacial score (nSPS) is 14.6. The van der Waals surface area contributed by atoms with Gasteiger partial charge in [-0.1, -0.05) is 11.6 Å². The zero-order valence-corrected chi connectivity index (χ0v) is 13.3. The van der Waals surface area contributed by atoms with Crippen molar-refractivity contribution in [1.29, 1.82) is 0 Å². The van der Waals surface area contributed by atoms with Crippen molar-refractivity contribution in [3.8, 4) is 17.2 Å². The maximum Gasteiger partial charge on any atom is 0.256 e. The van der Waals surface area contributed by atoms with Gasteiger partial charge in [0.25, 0.3) is 5.91 Å². The van der Waals surface area contributed by atoms with E-state index in [-0.39, 0.29) is 23.2 Å². The van der Waals surface area contributed by atoms with E-state index in [4.69, 9.17) is 21.1 Å². The van der Waals surface area contributed by atoms with Crippen LogP contribution in [-0.4, -0.2) is 25.2 Å². The number of phenolic OH excluding ortho intramolecular Hbond substituents is 1. The summed E-state index contributed by atoms with van der Waals surface area (Å²) in [4.78, 5) is 12.2. The highest BCUT2D eigenvalue weighted by Crippen LogP contribution is 2.40. The first-order valence-corrected chi connectivity index (χ1v) is 7.19. The standard InChI is InChI=1S/C17H14ClNO4/c1-22-14-6-9(7-15(23-2)16(14)20)5-12-11-8-10(18)3-4-13(11)19-17(12)21/h3-8,20H,1-2H3,(H,19,21)/b12-5+. The Morgan fingerprint density at radius 1 is 1.13 bits per heavy atom. The fourth-order valence-corrected chi connectivity index (χ4v) is 2.64. The molecule has 5 nitrogen and oxygen atoms in total. The van der Waals surface area contributed by atoms with E-state index in [2.05, 4.69) is 5.32 Å². The second-order valence-electron chi connectivity index (χ2n) is 4.98. The lowest BCUT2D eigenvalue weighted by Crippen LogP contribution is -2.03. The van der Waals surface area contributed by atoms with Gasteiger partial charge in [0.1, 0.15) is 0 Å². The monoisotopic (exact) mass is 331 g/mol. The van der Waals surface area contributed by atoms with Crippen molar-refractivity contribution < 1.29 is 19.4 Å². The Labute approximate surface area is 138 Å². The molecule has 0 unspecified atom stereocenters. The summed E-state index contributed by atoms with van der Waals surface area (Å²) in [6.45, 7) is 0. The van der Waals surface area contributed by atoms with Gasteiger partial charge < -0.3 is 19.9 Å². The summed E-state index contributed by atoms with van der Waals surface area (Å²) < 4.78 is 10.3. The minimum atomic E-state index is -0.215. The second kappa shape index (κ2) is 5.85. The number of carbonyl (C=O) groups excluding carboxylic acids is 1. The van der Waals surface area contributed by atoms with Crippen LogP contribution >= 0.6 is 11.6 Å². The molecule has 1 amide bonds. The number of phenols is 1. The average molecular weight is 332 g/mol. The molecule has 23 heavy (non-hydrogen) atoms. The predicted octanol–water partition coefficient (Wildman–Crippen LogP) is 3.56. The van der Waals surface area contributed by atoms with Gasteiger partial charge in [-0.2, -0.15) is 0 Å². The van der Waals surface area contributed by atoms with Crippen molar-refractivity contribution in [3.63, 3.8) is 0 Å². The van der Waals surface area contributed by atoms with Gasteiger partial charge in [-0.15, -0.1) is 0 Å². The van der Waals surface area contributed by atoms with Crippen LogP contribution in [0.3, 0.4) is 0 Å². The van der Waals surface area contributed by atoms with E-state index in [0.29, 0.717) is 21.8 Å². The molecule has 0 radical (unpaired) electrons. The van der Waals surface area contributed by atoms with E-state index in [1.165, 1.54) is 14.2 Å². The number of hydrogen-bond acceptors (Lipinski definition) is 4. The molecule has 1 heterocycles. The Bertz CT molecular complexity index is 804. The SMILES string of the molecule is COc1cc(/C=C2/C(=O)Nc3ccc(Cl)cc32)cc(OC)c1O. The van der Waals surface area contributed by atoms with Gasteiger partial charge in [-0.3, -0.25) is 4.79 Å². The first kappa shape index (κ1) is 15.2. The van der Waals surface area contributed by atoms with Crippen LogP contribution in [0.2, 0.25) is 5.02 Å². The average Bonchev–Trinajstić information content (AvgIpc) is 2.84. The number of aromatic hydroxyl groups is 1. The van der Waals surface area contributed by atoms with Crippen LogP contribution in [0.4, 0.5) is 5.69 Å². The highest BCUT2D eigenvalue weighted by Gasteiger charge is 2.24. The Hall–Kier alpha value is -2.66. The third-order valence-corrected chi connectivity index (χ3v) is 3.81. The highest BCUT2D eigenvalue weighted by atomic mass is 35.5. The van der Waals surface area contributed by atoms with Gasteiger partial charge >= 0.3 is 0 Å². The molecule has 3 rings (SSSR count). The molecule has 1 aliphatic rings. The molecule has 1 aliphatic heterocycles. The van der Waals surface area contributed by atoms with Crippen LogP contribution in [0.1, 0.15) is 11.1 Å². The van der Waals surface area contributed by atoms with E-state index in [9.17, 15) is 9.90 Å². The summed E-state index contributed by atoms with van der Waals surface area (Å²) in [6, 6.07) is 8.46. The molecule has 0 saturated heterocycles. The largest absolute Gasteiger partial charge is 0.502 e. The molecule has 6 heteroatoms. The van der Waals surface area contributed by atoms with Gasteiger partial charge in [-0.05, 0) is 42.0 Å². The molecule has 2 N–H and O–H groups in total. The van der Waals surface area contributed by atoms with Crippen LogP contribution in [0.25, 0.3) is 11.6 Å². The van der Waals surface area contributed by atoms with Crippen molar-refractivity contribution in [2.24, 2.45) is 0 Å². The number of rotatable bonds is 3. The topological polar surface area (TPSA) is 67.8 Å². The molecule has 0 spiro atoms. The van der Waals surface area contributed by atoms with Crippen LogP contribution in [-0.2, 0) is 4.79 Å². The maximum atomic E-state index is 12.2. The van der Waals surface area contributed by atoms with Gasteiger partial charge in [0.05, 0.1) is 14.2 Å². The molecule has 0 aliphatic carbocycles. The summed E-state index contributed by atoms with van der Waals surface area (Å²) in [5.41, 5.74) is 2.59. The minimum absolute atomic E-state index is 0.0866. The molecule has 0 fully saturated rings. The first-order chi connectivity index (χ1) is 11.0. The maximum absolute atomic E-state index is 12.2. The first-order valence-electron chi connectivity index (χ1n) is 6.81. The van der Waals surface area contributed by atoms with E-state index >= 15 is 0 Å². The summed E-state index contributed by atoms with van der Waals surface area (Å²) in [5, 5.41) is 13.3. The molecule has 118 valence electrons. The smallest absolute Gasteiger partial charge is 0.256 e. The molecule has 0 atom stereocenters. The fourth-order valence-electron chi connectivity index (χ4n) is 2.47. The predicted molar refractivity (Wildman–Crippen MR) is 89.2 cm³/mol. The number of anilines is 1. The third-order valence-electron chi connectivity index (χ3n) is 3.58. The lowest BCUT2D eigenvalue weighted by molar-refractivity contribution is -0.110. The number of fused-ring (bicyclic) bond motifs is 1. The van der Waals surface area contributed by atoms with Crippen LogP contribution in [0.5, 0.6) is 17.2 Å². The minimum Gasteiger partial charge on any atom is -0.502 e. The number of hydrogen-bond donors (Lipinski definition) is 2. The summed E-state index contributed by atoms with van der Waals surface area (Å²) in [6.07, 6.45) is 1.70. The number of carbonyl (C=O) groups is 1. The number of nitrogens with one attached hydrogen (secondary N) is 1. The number of amides is 1. The van der Waals surface area contributed by atoms with Crippen molar-refractivity contribution in [2.45, 2.75) is 0 Å². The molecular weight excluding hydrogens is 318 g/mol. The zero-order chi connectivity index (χ0) is 16.6. The molecule has 0 bridgehead atoms. The van der Waals surface area contributed by atoms with Crippen molar-refractivity contribution in [1.82, 2.24) is 0 Å². The Morgan fingerprint density at radius 3 is 2.39 bits per heavy atom. The van der Waals surface area contributed by atoms with Gasteiger partial charge in [-0.25, -0.2) is 0 Å². The number of benzene rings is 2. The number of halogens is 1. The number of methoxy groups -OCH3 is 2. The Morgan fingerprint density at radius 2 is 1.78 bits per heavy atom. The van der Waals surface area contributed by atoms with Crippen LogP contribution in [0, 0.1) is 0 Å². The summed E-state index contributed by atoms with van der Waals surface area (Å²) >= 11 is 6.02. The molecule has 2 aromatic carbocycles. The lowest BCUT2D eigenvalue weighted by Gasteiger charge is -2.10. The van der Waals surface area contributed by atoms with Gasteiger partial charge in [0, 0.05) is 21.8 Å². The van der Waals surface area contributed by atoms with E-state index in [1.807, 2.05) is 0 Å². The Balaban J connectivity index is 2.13. The molecular formula is C17H14ClNO4. The quantitative estimate of drug-likeness (QED) is 0.844. The summed E-state index contributed by atoms with van der Waals surface area (Å²) in [7, 11) is 2.89. The van der Waals surface area contributed by atoms with Crippen LogP contribution in [0.15, 0.2) is 30.3 Å². The van der Waals surface area contributed by atoms with Crippen molar-refractivity contribution in [2.75, 3.05) is 19.5 Å².